The Labute approximate surface area is 101 Å². The molecule has 1 amide bonds. The fraction of sp³-hybridized carbons (Fsp3) is 0.273. The van der Waals surface area contributed by atoms with E-state index in [9.17, 15) is 9.90 Å². The topological polar surface area (TPSA) is 66.6 Å². The third kappa shape index (κ3) is 1.85. The van der Waals surface area contributed by atoms with Crippen molar-refractivity contribution in [1.29, 1.82) is 0 Å². The van der Waals surface area contributed by atoms with Crippen LogP contribution in [0.15, 0.2) is 28.2 Å². The lowest BCUT2D eigenvalue weighted by atomic mass is 10.3. The van der Waals surface area contributed by atoms with Gasteiger partial charge in [0.25, 0.3) is 0 Å². The van der Waals surface area contributed by atoms with E-state index in [1.807, 2.05) is 11.4 Å². The molecular formula is C11H10N2O3S. The number of hydrogen-bond acceptors (Lipinski definition) is 5. The second-order valence-electron chi connectivity index (χ2n) is 3.85. The van der Waals surface area contributed by atoms with Crippen molar-refractivity contribution in [3.05, 3.63) is 23.8 Å². The van der Waals surface area contributed by atoms with Gasteiger partial charge in [0, 0.05) is 5.38 Å². The Morgan fingerprint density at radius 2 is 2.47 bits per heavy atom. The minimum atomic E-state index is -0.585. The number of amides is 1. The average molecular weight is 250 g/mol. The molecule has 2 aromatic rings. The summed E-state index contributed by atoms with van der Waals surface area (Å²) in [6.07, 6.45) is 1.17. The van der Waals surface area contributed by atoms with Crippen LogP contribution in [-0.2, 0) is 4.79 Å². The largest absolute Gasteiger partial charge is 0.463 e. The van der Waals surface area contributed by atoms with E-state index in [2.05, 4.69) is 4.98 Å². The van der Waals surface area contributed by atoms with Gasteiger partial charge in [-0.05, 0) is 12.1 Å². The van der Waals surface area contributed by atoms with E-state index in [1.165, 1.54) is 16.2 Å². The number of aliphatic hydroxyl groups is 1. The number of nitrogens with zero attached hydrogens (tertiary/aromatic N) is 2. The fourth-order valence-corrected chi connectivity index (χ4v) is 2.64. The molecule has 88 valence electrons. The van der Waals surface area contributed by atoms with Crippen LogP contribution in [-0.4, -0.2) is 28.6 Å². The highest BCUT2D eigenvalue weighted by Gasteiger charge is 2.31. The van der Waals surface area contributed by atoms with Gasteiger partial charge in [0.1, 0.15) is 5.69 Å². The maximum atomic E-state index is 11.6. The lowest BCUT2D eigenvalue weighted by Crippen LogP contribution is -2.24. The maximum Gasteiger partial charge on any atom is 0.231 e. The standard InChI is InChI=1S/C11H10N2O3S/c14-7-4-10(15)13(5-7)11-12-8(6-17-11)9-2-1-3-16-9/h1-3,6-7,14H,4-5H2. The number of hydrogen-bond donors (Lipinski definition) is 1. The number of furan rings is 1. The second-order valence-corrected chi connectivity index (χ2v) is 4.69. The van der Waals surface area contributed by atoms with Crippen LogP contribution in [0.2, 0.25) is 0 Å². The van der Waals surface area contributed by atoms with Gasteiger partial charge in [-0.2, -0.15) is 0 Å². The lowest BCUT2D eigenvalue weighted by molar-refractivity contribution is -0.117. The van der Waals surface area contributed by atoms with Crippen LogP contribution in [0, 0.1) is 0 Å². The van der Waals surface area contributed by atoms with Crippen molar-refractivity contribution < 1.29 is 14.3 Å². The smallest absolute Gasteiger partial charge is 0.231 e. The van der Waals surface area contributed by atoms with Gasteiger partial charge in [0.15, 0.2) is 10.9 Å². The van der Waals surface area contributed by atoms with Crippen LogP contribution in [0.3, 0.4) is 0 Å². The van der Waals surface area contributed by atoms with Crippen LogP contribution in [0.1, 0.15) is 6.42 Å². The van der Waals surface area contributed by atoms with Gasteiger partial charge in [-0.3, -0.25) is 9.69 Å². The first kappa shape index (κ1) is 10.5. The molecule has 2 aromatic heterocycles. The predicted octanol–water partition coefficient (Wildman–Crippen LogP) is 1.50. The van der Waals surface area contributed by atoms with Crippen molar-refractivity contribution in [3.8, 4) is 11.5 Å². The number of β-amino-alcohol motifs (C(OH)–C–C–N with tert-alkyl or cyclic N) is 1. The molecule has 3 heterocycles. The quantitative estimate of drug-likeness (QED) is 0.877. The monoisotopic (exact) mass is 250 g/mol. The fourth-order valence-electron chi connectivity index (χ4n) is 1.80. The van der Waals surface area contributed by atoms with Gasteiger partial charge in [-0.1, -0.05) is 0 Å². The predicted molar refractivity (Wildman–Crippen MR) is 62.8 cm³/mol. The van der Waals surface area contributed by atoms with Crippen LogP contribution in [0.4, 0.5) is 5.13 Å². The Kier molecular flexibility index (Phi) is 2.45. The number of anilines is 1. The Hall–Kier alpha value is -1.66. The second kappa shape index (κ2) is 3.97. The number of thiazole rings is 1. The molecule has 5 nitrogen and oxygen atoms in total. The number of aromatic nitrogens is 1. The first-order chi connectivity index (χ1) is 8.24. The summed E-state index contributed by atoms with van der Waals surface area (Å²) in [5.74, 6) is 0.595. The zero-order valence-electron chi connectivity index (χ0n) is 8.87. The molecule has 17 heavy (non-hydrogen) atoms. The van der Waals surface area contributed by atoms with Crippen molar-refractivity contribution in [1.82, 2.24) is 4.98 Å². The van der Waals surface area contributed by atoms with Crippen LogP contribution in [0.25, 0.3) is 11.5 Å². The summed E-state index contributed by atoms with van der Waals surface area (Å²) in [7, 11) is 0. The van der Waals surface area contributed by atoms with Gasteiger partial charge in [0.05, 0.1) is 25.3 Å². The van der Waals surface area contributed by atoms with E-state index in [0.717, 1.165) is 0 Å². The molecule has 1 saturated heterocycles. The summed E-state index contributed by atoms with van der Waals surface area (Å²) in [5.41, 5.74) is 0.712. The molecular weight excluding hydrogens is 240 g/mol. The number of carbonyl (C=O) groups is 1. The molecule has 0 bridgehead atoms. The van der Waals surface area contributed by atoms with Gasteiger partial charge >= 0.3 is 0 Å². The van der Waals surface area contributed by atoms with Crippen LogP contribution >= 0.6 is 11.3 Å². The molecule has 3 rings (SSSR count). The van der Waals surface area contributed by atoms with E-state index in [-0.39, 0.29) is 12.3 Å². The first-order valence-electron chi connectivity index (χ1n) is 5.22. The SMILES string of the molecule is O=C1CC(O)CN1c1nc(-c2ccco2)cs1. The molecule has 1 atom stereocenters. The summed E-state index contributed by atoms with van der Waals surface area (Å²) in [4.78, 5) is 17.4. The van der Waals surface area contributed by atoms with Crippen molar-refractivity contribution in [2.75, 3.05) is 11.4 Å². The van der Waals surface area contributed by atoms with E-state index >= 15 is 0 Å². The summed E-state index contributed by atoms with van der Waals surface area (Å²) in [6.45, 7) is 0.323. The van der Waals surface area contributed by atoms with Crippen LogP contribution < -0.4 is 4.90 Å². The Morgan fingerprint density at radius 3 is 3.12 bits per heavy atom. The Bertz CT molecular complexity index is 535. The molecule has 1 fully saturated rings. The normalized spacial score (nSPS) is 20.2. The maximum absolute atomic E-state index is 11.6. The van der Waals surface area contributed by atoms with E-state index < -0.39 is 6.10 Å². The highest BCUT2D eigenvalue weighted by molar-refractivity contribution is 7.14. The van der Waals surface area contributed by atoms with Gasteiger partial charge < -0.3 is 9.52 Å². The van der Waals surface area contributed by atoms with Crippen LogP contribution in [0.5, 0.6) is 0 Å². The zero-order chi connectivity index (χ0) is 11.8. The summed E-state index contributed by atoms with van der Waals surface area (Å²) in [6, 6.07) is 3.61. The molecule has 1 aliphatic heterocycles. The van der Waals surface area contributed by atoms with E-state index in [1.54, 1.807) is 12.3 Å². The summed E-state index contributed by atoms with van der Waals surface area (Å²) < 4.78 is 5.23. The molecule has 1 N–H and O–H groups in total. The number of aliphatic hydroxyl groups excluding tert-OH is 1. The minimum absolute atomic E-state index is 0.0853. The van der Waals surface area contributed by atoms with Crippen molar-refractivity contribution in [2.45, 2.75) is 12.5 Å². The minimum Gasteiger partial charge on any atom is -0.463 e. The molecule has 0 spiro atoms. The lowest BCUT2D eigenvalue weighted by Gasteiger charge is -2.10. The van der Waals surface area contributed by atoms with E-state index in [4.69, 9.17) is 4.42 Å². The van der Waals surface area contributed by atoms with Crippen molar-refractivity contribution in [2.24, 2.45) is 0 Å². The molecule has 0 saturated carbocycles. The molecule has 1 aliphatic rings. The Balaban J connectivity index is 1.88. The molecule has 0 radical (unpaired) electrons. The number of rotatable bonds is 2. The molecule has 6 heteroatoms. The third-order valence-corrected chi connectivity index (χ3v) is 3.46. The van der Waals surface area contributed by atoms with Gasteiger partial charge in [-0.15, -0.1) is 11.3 Å². The van der Waals surface area contributed by atoms with Crippen molar-refractivity contribution >= 4 is 22.4 Å². The highest BCUT2D eigenvalue weighted by Crippen LogP contribution is 2.30. The molecule has 0 aromatic carbocycles. The Morgan fingerprint density at radius 1 is 1.59 bits per heavy atom. The summed E-state index contributed by atoms with van der Waals surface area (Å²) >= 11 is 1.37. The zero-order valence-corrected chi connectivity index (χ0v) is 9.68. The van der Waals surface area contributed by atoms with Crippen molar-refractivity contribution in [3.63, 3.8) is 0 Å². The third-order valence-electron chi connectivity index (χ3n) is 2.60. The molecule has 1 unspecified atom stereocenters. The van der Waals surface area contributed by atoms with Gasteiger partial charge in [-0.25, -0.2) is 4.98 Å². The van der Waals surface area contributed by atoms with E-state index in [0.29, 0.717) is 23.1 Å². The average Bonchev–Trinajstić information content (AvgIpc) is 2.97. The first-order valence-corrected chi connectivity index (χ1v) is 6.10. The summed E-state index contributed by atoms with van der Waals surface area (Å²) in [5, 5.41) is 11.9. The highest BCUT2D eigenvalue weighted by atomic mass is 32.1. The number of carbonyl (C=O) groups excluding carboxylic acids is 1. The van der Waals surface area contributed by atoms with Gasteiger partial charge in [0.2, 0.25) is 5.91 Å². The molecule has 0 aliphatic carbocycles.